The Morgan fingerprint density at radius 3 is 2.71 bits per heavy atom. The molecule has 0 bridgehead atoms. The molecule has 21 heavy (non-hydrogen) atoms. The van der Waals surface area contributed by atoms with E-state index in [4.69, 9.17) is 4.74 Å². The highest BCUT2D eigenvalue weighted by molar-refractivity contribution is 9.10. The van der Waals surface area contributed by atoms with Crippen molar-refractivity contribution in [2.75, 3.05) is 32.2 Å². The van der Waals surface area contributed by atoms with E-state index in [1.54, 1.807) is 7.11 Å². The molecule has 0 aliphatic heterocycles. The van der Waals surface area contributed by atoms with Gasteiger partial charge < -0.3 is 15.0 Å². The van der Waals surface area contributed by atoms with Gasteiger partial charge in [-0.15, -0.1) is 0 Å². The second kappa shape index (κ2) is 8.76. The van der Waals surface area contributed by atoms with E-state index >= 15 is 0 Å². The number of halogens is 1. The molecule has 0 atom stereocenters. The van der Waals surface area contributed by atoms with Gasteiger partial charge in [-0.05, 0) is 30.5 Å². The monoisotopic (exact) mass is 354 g/mol. The van der Waals surface area contributed by atoms with Crippen LogP contribution in [-0.4, -0.2) is 33.4 Å². The Morgan fingerprint density at radius 2 is 2.05 bits per heavy atom. The first-order valence-electron chi connectivity index (χ1n) is 7.93. The van der Waals surface area contributed by atoms with Crippen LogP contribution < -0.4 is 10.2 Å². The summed E-state index contributed by atoms with van der Waals surface area (Å²) in [6.45, 7) is 2.50. The minimum absolute atomic E-state index is 0.705. The number of methoxy groups -OCH3 is 1. The molecular weight excluding hydrogens is 328 g/mol. The number of hydrogen-bond acceptors (Lipinski definition) is 3. The van der Waals surface area contributed by atoms with Crippen molar-refractivity contribution in [1.29, 1.82) is 0 Å². The van der Waals surface area contributed by atoms with Gasteiger partial charge in [-0.25, -0.2) is 0 Å². The van der Waals surface area contributed by atoms with Gasteiger partial charge in [0.1, 0.15) is 0 Å². The van der Waals surface area contributed by atoms with Crippen molar-refractivity contribution in [3.8, 4) is 0 Å². The highest BCUT2D eigenvalue weighted by atomic mass is 79.9. The van der Waals surface area contributed by atoms with Crippen molar-refractivity contribution in [3.05, 3.63) is 28.2 Å². The molecule has 0 aromatic heterocycles. The van der Waals surface area contributed by atoms with Crippen LogP contribution in [0, 0.1) is 0 Å². The third-order valence-electron chi connectivity index (χ3n) is 4.36. The van der Waals surface area contributed by atoms with Gasteiger partial charge in [0.2, 0.25) is 0 Å². The summed E-state index contributed by atoms with van der Waals surface area (Å²) in [5.41, 5.74) is 2.61. The van der Waals surface area contributed by atoms with E-state index in [1.165, 1.54) is 47.8 Å². The average Bonchev–Trinajstić information content (AvgIpc) is 2.53. The number of nitrogens with zero attached hydrogens (tertiary/aromatic N) is 1. The average molecular weight is 355 g/mol. The molecule has 1 fully saturated rings. The van der Waals surface area contributed by atoms with E-state index in [1.807, 2.05) is 0 Å². The predicted octanol–water partition coefficient (Wildman–Crippen LogP) is 3.95. The maximum atomic E-state index is 5.05. The smallest absolute Gasteiger partial charge is 0.0587 e. The summed E-state index contributed by atoms with van der Waals surface area (Å²) in [7, 11) is 3.96. The van der Waals surface area contributed by atoms with Crippen molar-refractivity contribution >= 4 is 21.6 Å². The summed E-state index contributed by atoms with van der Waals surface area (Å²) in [5.74, 6) is 0. The molecule has 0 radical (unpaired) electrons. The van der Waals surface area contributed by atoms with E-state index in [0.717, 1.165) is 19.7 Å². The SMILES string of the molecule is COCCNCc1ccc(N(C)C2CCCCC2)cc1Br. The van der Waals surface area contributed by atoms with Gasteiger partial charge in [-0.2, -0.15) is 0 Å². The van der Waals surface area contributed by atoms with Crippen molar-refractivity contribution in [2.24, 2.45) is 0 Å². The molecule has 0 saturated heterocycles. The first-order chi connectivity index (χ1) is 10.2. The minimum atomic E-state index is 0.705. The topological polar surface area (TPSA) is 24.5 Å². The third-order valence-corrected chi connectivity index (χ3v) is 5.10. The standard InChI is InChI=1S/C17H27BrN2O/c1-20(15-6-4-3-5-7-15)16-9-8-14(17(18)12-16)13-19-10-11-21-2/h8-9,12,15,19H,3-7,10-11,13H2,1-2H3. The van der Waals surface area contributed by atoms with Crippen molar-refractivity contribution in [2.45, 2.75) is 44.7 Å². The van der Waals surface area contributed by atoms with E-state index in [2.05, 4.69) is 51.4 Å². The second-order valence-electron chi connectivity index (χ2n) is 5.85. The zero-order valence-electron chi connectivity index (χ0n) is 13.2. The molecule has 1 aromatic rings. The lowest BCUT2D eigenvalue weighted by Gasteiger charge is -2.33. The fraction of sp³-hybridized carbons (Fsp3) is 0.647. The molecule has 2 rings (SSSR count). The Labute approximate surface area is 137 Å². The van der Waals surface area contributed by atoms with E-state index < -0.39 is 0 Å². The molecule has 3 nitrogen and oxygen atoms in total. The number of ether oxygens (including phenoxy) is 1. The second-order valence-corrected chi connectivity index (χ2v) is 6.70. The molecule has 0 amide bonds. The summed E-state index contributed by atoms with van der Waals surface area (Å²) in [4.78, 5) is 2.45. The van der Waals surface area contributed by atoms with Crippen molar-refractivity contribution in [3.63, 3.8) is 0 Å². The molecule has 0 spiro atoms. The number of benzene rings is 1. The third kappa shape index (κ3) is 4.97. The Bertz CT molecular complexity index is 433. The largest absolute Gasteiger partial charge is 0.383 e. The summed E-state index contributed by atoms with van der Waals surface area (Å²) < 4.78 is 6.23. The van der Waals surface area contributed by atoms with Crippen LogP contribution >= 0.6 is 15.9 Å². The van der Waals surface area contributed by atoms with Crippen LogP contribution in [0.4, 0.5) is 5.69 Å². The minimum Gasteiger partial charge on any atom is -0.383 e. The normalized spacial score (nSPS) is 16.1. The highest BCUT2D eigenvalue weighted by Crippen LogP contribution is 2.29. The molecular formula is C17H27BrN2O. The van der Waals surface area contributed by atoms with Crippen molar-refractivity contribution in [1.82, 2.24) is 5.32 Å². The lowest BCUT2D eigenvalue weighted by molar-refractivity contribution is 0.199. The fourth-order valence-electron chi connectivity index (χ4n) is 2.98. The van der Waals surface area contributed by atoms with Gasteiger partial charge in [-0.1, -0.05) is 41.3 Å². The molecule has 0 heterocycles. The molecule has 1 aliphatic carbocycles. The van der Waals surface area contributed by atoms with E-state index in [9.17, 15) is 0 Å². The predicted molar refractivity (Wildman–Crippen MR) is 93.0 cm³/mol. The van der Waals surface area contributed by atoms with E-state index in [-0.39, 0.29) is 0 Å². The van der Waals surface area contributed by atoms with Crippen LogP contribution in [0.25, 0.3) is 0 Å². The first kappa shape index (κ1) is 16.8. The number of anilines is 1. The molecule has 4 heteroatoms. The first-order valence-corrected chi connectivity index (χ1v) is 8.72. The van der Waals surface area contributed by atoms with Gasteiger partial charge in [0.05, 0.1) is 6.61 Å². The van der Waals surface area contributed by atoms with Gasteiger partial charge in [0, 0.05) is 43.4 Å². The number of nitrogens with one attached hydrogen (secondary N) is 1. The van der Waals surface area contributed by atoms with E-state index in [0.29, 0.717) is 6.04 Å². The van der Waals surface area contributed by atoms with Crippen LogP contribution in [-0.2, 0) is 11.3 Å². The Hall–Kier alpha value is -0.580. The molecule has 1 saturated carbocycles. The number of hydrogen-bond donors (Lipinski definition) is 1. The maximum Gasteiger partial charge on any atom is 0.0587 e. The molecule has 1 aromatic carbocycles. The maximum absolute atomic E-state index is 5.05. The molecule has 1 aliphatic rings. The lowest BCUT2D eigenvalue weighted by Crippen LogP contribution is -2.33. The van der Waals surface area contributed by atoms with Crippen LogP contribution in [0.1, 0.15) is 37.7 Å². The summed E-state index contributed by atoms with van der Waals surface area (Å²) in [5, 5.41) is 3.39. The van der Waals surface area contributed by atoms with Crippen LogP contribution in [0.15, 0.2) is 22.7 Å². The zero-order valence-corrected chi connectivity index (χ0v) is 14.8. The summed E-state index contributed by atoms with van der Waals surface area (Å²) in [6.07, 6.45) is 6.80. The fourth-order valence-corrected chi connectivity index (χ4v) is 3.48. The molecule has 118 valence electrons. The van der Waals surface area contributed by atoms with Crippen LogP contribution in [0.5, 0.6) is 0 Å². The van der Waals surface area contributed by atoms with Gasteiger partial charge in [0.15, 0.2) is 0 Å². The zero-order chi connectivity index (χ0) is 15.1. The summed E-state index contributed by atoms with van der Waals surface area (Å²) in [6, 6.07) is 7.42. The van der Waals surface area contributed by atoms with Crippen molar-refractivity contribution < 1.29 is 4.74 Å². The van der Waals surface area contributed by atoms with Gasteiger partial charge >= 0.3 is 0 Å². The van der Waals surface area contributed by atoms with Gasteiger partial charge in [0.25, 0.3) is 0 Å². The van der Waals surface area contributed by atoms with Crippen LogP contribution in [0.3, 0.4) is 0 Å². The Balaban J connectivity index is 1.94. The Morgan fingerprint density at radius 1 is 1.29 bits per heavy atom. The van der Waals surface area contributed by atoms with Gasteiger partial charge in [-0.3, -0.25) is 0 Å². The quantitative estimate of drug-likeness (QED) is 0.750. The Kier molecular flexibility index (Phi) is 7.00. The highest BCUT2D eigenvalue weighted by Gasteiger charge is 2.18. The molecule has 1 N–H and O–H groups in total. The number of rotatable bonds is 7. The molecule has 0 unspecified atom stereocenters. The summed E-state index contributed by atoms with van der Waals surface area (Å²) >= 11 is 3.71. The lowest BCUT2D eigenvalue weighted by atomic mass is 9.94. The van der Waals surface area contributed by atoms with Crippen LogP contribution in [0.2, 0.25) is 0 Å².